The fourth-order valence-electron chi connectivity index (χ4n) is 2.69. The Balaban J connectivity index is 1.30. The molecule has 2 heterocycles. The van der Waals surface area contributed by atoms with Gasteiger partial charge >= 0.3 is 0 Å². The second-order valence-electron chi connectivity index (χ2n) is 6.56. The maximum atomic E-state index is 13.1. The number of carbonyl (C=O) groups is 1. The number of nitrogens with zero attached hydrogens (tertiary/aromatic N) is 4. The fourth-order valence-corrected chi connectivity index (χ4v) is 4.38. The van der Waals surface area contributed by atoms with E-state index in [4.69, 9.17) is 16.3 Å². The molecular formula is C21H17ClFN5O2S2. The van der Waals surface area contributed by atoms with Crippen LogP contribution in [0.5, 0.6) is 5.75 Å². The molecule has 7 nitrogen and oxygen atoms in total. The van der Waals surface area contributed by atoms with Gasteiger partial charge in [0.05, 0.1) is 16.5 Å². The molecule has 0 unspecified atom stereocenters. The number of halogens is 2. The molecule has 32 heavy (non-hydrogen) atoms. The van der Waals surface area contributed by atoms with Gasteiger partial charge in [0.2, 0.25) is 5.91 Å². The molecule has 0 radical (unpaired) electrons. The quantitative estimate of drug-likeness (QED) is 0.349. The average Bonchev–Trinajstić information content (AvgIpc) is 3.39. The predicted molar refractivity (Wildman–Crippen MR) is 124 cm³/mol. The third kappa shape index (κ3) is 5.45. The van der Waals surface area contributed by atoms with Crippen LogP contribution in [-0.2, 0) is 18.4 Å². The van der Waals surface area contributed by atoms with Crippen molar-refractivity contribution in [3.8, 4) is 17.0 Å². The summed E-state index contributed by atoms with van der Waals surface area (Å²) in [7, 11) is 1.78. The van der Waals surface area contributed by atoms with Crippen LogP contribution in [0.3, 0.4) is 0 Å². The Hall–Kier alpha value is -2.95. The van der Waals surface area contributed by atoms with E-state index >= 15 is 0 Å². The standard InChI is InChI=1S/C21H17ClFN5O2S2/c1-28-18(10-30-17-8-7-14(23)9-15(17)22)26-27-21(28)32-12-19(29)25-20-24-16(11-31-20)13-5-3-2-4-6-13/h2-9,11H,10,12H2,1H3,(H,24,25,29). The Morgan fingerprint density at radius 1 is 1.25 bits per heavy atom. The Bertz CT molecular complexity index is 1230. The van der Waals surface area contributed by atoms with Gasteiger partial charge in [-0.3, -0.25) is 4.79 Å². The number of hydrogen-bond acceptors (Lipinski definition) is 7. The van der Waals surface area contributed by atoms with E-state index in [0.717, 1.165) is 11.3 Å². The van der Waals surface area contributed by atoms with Crippen LogP contribution >= 0.6 is 34.7 Å². The molecule has 2 aromatic carbocycles. The van der Waals surface area contributed by atoms with Crippen molar-refractivity contribution in [2.45, 2.75) is 11.8 Å². The minimum absolute atomic E-state index is 0.100. The van der Waals surface area contributed by atoms with E-state index in [2.05, 4.69) is 20.5 Å². The number of nitrogens with one attached hydrogen (secondary N) is 1. The Morgan fingerprint density at radius 2 is 2.06 bits per heavy atom. The molecule has 164 valence electrons. The Labute approximate surface area is 196 Å². The molecule has 0 fully saturated rings. The van der Waals surface area contributed by atoms with Crippen LogP contribution in [0, 0.1) is 5.82 Å². The number of hydrogen-bond donors (Lipinski definition) is 1. The van der Waals surface area contributed by atoms with Gasteiger partial charge in [0.15, 0.2) is 16.1 Å². The van der Waals surface area contributed by atoms with Gasteiger partial charge in [0.25, 0.3) is 0 Å². The van der Waals surface area contributed by atoms with Gasteiger partial charge in [-0.2, -0.15) is 0 Å². The first-order valence-corrected chi connectivity index (χ1v) is 11.6. The van der Waals surface area contributed by atoms with Gasteiger partial charge in [-0.25, -0.2) is 9.37 Å². The number of thiazole rings is 1. The molecular weight excluding hydrogens is 473 g/mol. The van der Waals surface area contributed by atoms with Crippen molar-refractivity contribution in [1.29, 1.82) is 0 Å². The minimum Gasteiger partial charge on any atom is -0.484 e. The van der Waals surface area contributed by atoms with E-state index in [-0.39, 0.29) is 23.3 Å². The number of rotatable bonds is 8. The molecule has 0 aliphatic carbocycles. The molecule has 4 rings (SSSR count). The molecule has 11 heteroatoms. The van der Waals surface area contributed by atoms with E-state index in [1.54, 1.807) is 11.6 Å². The van der Waals surface area contributed by atoms with Gasteiger partial charge in [-0.1, -0.05) is 53.7 Å². The van der Waals surface area contributed by atoms with Crippen LogP contribution in [0.1, 0.15) is 5.82 Å². The Morgan fingerprint density at radius 3 is 2.84 bits per heavy atom. The largest absolute Gasteiger partial charge is 0.484 e. The zero-order valence-electron chi connectivity index (χ0n) is 16.8. The molecule has 0 aliphatic heterocycles. The molecule has 0 saturated heterocycles. The van der Waals surface area contributed by atoms with Gasteiger partial charge in [0.1, 0.15) is 18.2 Å². The Kier molecular flexibility index (Phi) is 7.03. The highest BCUT2D eigenvalue weighted by atomic mass is 35.5. The van der Waals surface area contributed by atoms with E-state index in [9.17, 15) is 9.18 Å². The summed E-state index contributed by atoms with van der Waals surface area (Å²) in [4.78, 5) is 16.8. The lowest BCUT2D eigenvalue weighted by Gasteiger charge is -2.08. The van der Waals surface area contributed by atoms with Crippen molar-refractivity contribution in [2.24, 2.45) is 7.05 Å². The summed E-state index contributed by atoms with van der Waals surface area (Å²) in [6.07, 6.45) is 0. The monoisotopic (exact) mass is 489 g/mol. The summed E-state index contributed by atoms with van der Waals surface area (Å²) in [6.45, 7) is 0.100. The summed E-state index contributed by atoms with van der Waals surface area (Å²) in [6, 6.07) is 13.7. The zero-order valence-corrected chi connectivity index (χ0v) is 19.2. The predicted octanol–water partition coefficient (Wildman–Crippen LogP) is 5.04. The maximum absolute atomic E-state index is 13.1. The highest BCUT2D eigenvalue weighted by molar-refractivity contribution is 7.99. The number of amides is 1. The van der Waals surface area contributed by atoms with E-state index < -0.39 is 5.82 Å². The molecule has 1 N–H and O–H groups in total. The minimum atomic E-state index is -0.438. The highest BCUT2D eigenvalue weighted by Gasteiger charge is 2.14. The van der Waals surface area contributed by atoms with Crippen LogP contribution in [0.2, 0.25) is 5.02 Å². The third-order valence-corrected chi connectivity index (χ3v) is 6.40. The number of thioether (sulfide) groups is 1. The number of anilines is 1. The molecule has 0 aliphatic rings. The number of benzene rings is 2. The topological polar surface area (TPSA) is 81.9 Å². The summed E-state index contributed by atoms with van der Waals surface area (Å²) in [5, 5.41) is 14.2. The normalized spacial score (nSPS) is 10.8. The van der Waals surface area contributed by atoms with Crippen molar-refractivity contribution in [2.75, 3.05) is 11.1 Å². The molecule has 0 spiro atoms. The van der Waals surface area contributed by atoms with Crippen molar-refractivity contribution in [3.63, 3.8) is 0 Å². The van der Waals surface area contributed by atoms with E-state index in [1.165, 1.54) is 41.3 Å². The lowest BCUT2D eigenvalue weighted by Crippen LogP contribution is -2.14. The molecule has 0 atom stereocenters. The van der Waals surface area contributed by atoms with Gasteiger partial charge in [0, 0.05) is 18.0 Å². The molecule has 0 bridgehead atoms. The SMILES string of the molecule is Cn1c(COc2ccc(F)cc2Cl)nnc1SCC(=O)Nc1nc(-c2ccccc2)cs1. The number of ether oxygens (including phenoxy) is 1. The summed E-state index contributed by atoms with van der Waals surface area (Å²) < 4.78 is 20.5. The summed E-state index contributed by atoms with van der Waals surface area (Å²) in [5.41, 5.74) is 1.81. The molecule has 4 aromatic rings. The van der Waals surface area contributed by atoms with Gasteiger partial charge < -0.3 is 14.6 Å². The first-order chi connectivity index (χ1) is 15.5. The van der Waals surface area contributed by atoms with E-state index in [0.29, 0.717) is 21.9 Å². The van der Waals surface area contributed by atoms with Crippen molar-refractivity contribution in [1.82, 2.24) is 19.7 Å². The number of aromatic nitrogens is 4. The molecule has 1 amide bonds. The first-order valence-electron chi connectivity index (χ1n) is 9.39. The summed E-state index contributed by atoms with van der Waals surface area (Å²) in [5.74, 6) is 0.412. The lowest BCUT2D eigenvalue weighted by atomic mass is 10.2. The van der Waals surface area contributed by atoms with Crippen LogP contribution in [0.4, 0.5) is 9.52 Å². The molecule has 0 saturated carbocycles. The van der Waals surface area contributed by atoms with Gasteiger partial charge in [-0.05, 0) is 18.2 Å². The second-order valence-corrected chi connectivity index (χ2v) is 8.77. The second kappa shape index (κ2) is 10.1. The first kappa shape index (κ1) is 22.3. The van der Waals surface area contributed by atoms with Crippen molar-refractivity contribution >= 4 is 45.7 Å². The fraction of sp³-hybridized carbons (Fsp3) is 0.143. The molecule has 2 aromatic heterocycles. The van der Waals surface area contributed by atoms with E-state index in [1.807, 2.05) is 35.7 Å². The third-order valence-electron chi connectivity index (χ3n) is 4.33. The summed E-state index contributed by atoms with van der Waals surface area (Å²) >= 11 is 8.59. The van der Waals surface area contributed by atoms with Crippen molar-refractivity contribution in [3.05, 3.63) is 70.6 Å². The maximum Gasteiger partial charge on any atom is 0.236 e. The van der Waals surface area contributed by atoms with Gasteiger partial charge in [-0.15, -0.1) is 21.5 Å². The highest BCUT2D eigenvalue weighted by Crippen LogP contribution is 2.27. The van der Waals surface area contributed by atoms with Crippen LogP contribution in [0.25, 0.3) is 11.3 Å². The average molecular weight is 490 g/mol. The zero-order chi connectivity index (χ0) is 22.5. The number of carbonyl (C=O) groups excluding carboxylic acids is 1. The van der Waals surface area contributed by atoms with Crippen LogP contribution in [-0.4, -0.2) is 31.4 Å². The van der Waals surface area contributed by atoms with Crippen LogP contribution in [0.15, 0.2) is 59.1 Å². The lowest BCUT2D eigenvalue weighted by molar-refractivity contribution is -0.113. The smallest absolute Gasteiger partial charge is 0.236 e. The van der Waals surface area contributed by atoms with Crippen molar-refractivity contribution < 1.29 is 13.9 Å². The van der Waals surface area contributed by atoms with Crippen LogP contribution < -0.4 is 10.1 Å².